The standard InChI is InChI=1S/C25H19ClF2N4O3.C16H13ClF2N2O.C12H10N4O2.ClH/c26-18-11-14(4-7-19(18)27)30-24(33)17-5-8-20(28)23-16(17)6-9-21(23)31-25(34)35-13-15-12-32-10-2-1-3-22(32)29-15;17-11-7-8(1-4-12(11)18)21-16(22)10-2-5-13(19)15-9(10)3-6-14(15)20;17-12(16-6-4-13-9-16)18-8-10-7-15-5-2-1-3-11(15)14-10;/h1-5,7-8,10-12,21H,6,9,13H2,(H,30,33)(H,31,34);1-2,4-5,7,14H,3,6,20H2,(H,21,22);1-7,9H,8H2;1H/t21-;14-;;/m00../s1. The maximum absolute atomic E-state index is 14.7. The molecule has 0 fully saturated rings. The first-order valence-electron chi connectivity index (χ1n) is 23.0. The molecule has 23 heteroatoms. The lowest BCUT2D eigenvalue weighted by Gasteiger charge is -2.16. The van der Waals surface area contributed by atoms with Crippen LogP contribution in [0.15, 0.2) is 141 Å². The van der Waals surface area contributed by atoms with Crippen molar-refractivity contribution in [1.29, 1.82) is 0 Å². The average Bonchev–Trinajstić information content (AvgIpc) is 4.28. The molecule has 4 aromatic carbocycles. The Morgan fingerprint density at radius 2 is 1.16 bits per heavy atom. The summed E-state index contributed by atoms with van der Waals surface area (Å²) in [6.45, 7) is 0.0942. The Labute approximate surface area is 446 Å². The second-order valence-corrected chi connectivity index (χ2v) is 17.8. The number of aromatic nitrogens is 6. The topological polar surface area (TPSA) is 201 Å². The normalized spacial score (nSPS) is 14.0. The summed E-state index contributed by atoms with van der Waals surface area (Å²) >= 11 is 11.5. The highest BCUT2D eigenvalue weighted by Gasteiger charge is 2.32. The van der Waals surface area contributed by atoms with Crippen LogP contribution in [0.5, 0.6) is 0 Å². The molecule has 390 valence electrons. The van der Waals surface area contributed by atoms with Crippen molar-refractivity contribution in [2.45, 2.75) is 51.0 Å². The number of halogens is 7. The third-order valence-corrected chi connectivity index (χ3v) is 12.7. The number of fused-ring (bicyclic) bond motifs is 4. The van der Waals surface area contributed by atoms with Crippen LogP contribution in [0, 0.1) is 23.3 Å². The Morgan fingerprint density at radius 3 is 1.68 bits per heavy atom. The molecule has 76 heavy (non-hydrogen) atoms. The largest absolute Gasteiger partial charge is 0.443 e. The van der Waals surface area contributed by atoms with Gasteiger partial charge >= 0.3 is 12.2 Å². The van der Waals surface area contributed by atoms with E-state index in [0.717, 1.165) is 17.4 Å². The summed E-state index contributed by atoms with van der Waals surface area (Å²) in [5.41, 5.74) is 11.8. The predicted molar refractivity (Wildman–Crippen MR) is 277 cm³/mol. The van der Waals surface area contributed by atoms with E-state index in [4.69, 9.17) is 38.4 Å². The molecule has 2 aliphatic carbocycles. The molecule has 0 saturated carbocycles. The van der Waals surface area contributed by atoms with Crippen molar-refractivity contribution in [2.75, 3.05) is 10.6 Å². The van der Waals surface area contributed by atoms with Gasteiger partial charge in [0.25, 0.3) is 11.8 Å². The van der Waals surface area contributed by atoms with E-state index in [-0.39, 0.29) is 58.7 Å². The Kier molecular flexibility index (Phi) is 17.0. The lowest BCUT2D eigenvalue weighted by molar-refractivity contribution is 0.101. The first kappa shape index (κ1) is 54.0. The van der Waals surface area contributed by atoms with Crippen LogP contribution in [0.4, 0.5) is 38.5 Å². The fraction of sp³-hybridized carbons (Fsp3) is 0.151. The van der Waals surface area contributed by atoms with Crippen molar-refractivity contribution in [3.63, 3.8) is 0 Å². The van der Waals surface area contributed by atoms with E-state index in [0.29, 0.717) is 70.7 Å². The van der Waals surface area contributed by atoms with Crippen molar-refractivity contribution in [1.82, 2.24) is 33.6 Å². The van der Waals surface area contributed by atoms with Gasteiger partial charge in [-0.3, -0.25) is 9.59 Å². The molecule has 5 heterocycles. The molecule has 0 spiro atoms. The SMILES string of the molecule is Cl.N[C@H]1CCc2c(C(=O)Nc3ccc(F)c(Cl)c3)ccc(F)c21.O=C(N[C@H]1CCc2c(C(=O)Nc3ccc(F)c(Cl)c3)ccc(F)c21)OCc1cn2ccccc2n1.O=C(OCc1cn2ccccc2n1)n1ccnc1. The van der Waals surface area contributed by atoms with Gasteiger partial charge in [-0.15, -0.1) is 12.4 Å². The van der Waals surface area contributed by atoms with Crippen molar-refractivity contribution in [3.05, 3.63) is 219 Å². The van der Waals surface area contributed by atoms with Gasteiger partial charge in [-0.05, 0) is 122 Å². The van der Waals surface area contributed by atoms with Crippen molar-refractivity contribution >= 4 is 82.3 Å². The van der Waals surface area contributed by atoms with Crippen LogP contribution in [-0.2, 0) is 35.5 Å². The minimum atomic E-state index is -0.713. The number of nitrogens with zero attached hydrogens (tertiary/aromatic N) is 6. The van der Waals surface area contributed by atoms with E-state index in [9.17, 15) is 36.7 Å². The quantitative estimate of drug-likeness (QED) is 0.101. The summed E-state index contributed by atoms with van der Waals surface area (Å²) in [5, 5.41) is 7.76. The van der Waals surface area contributed by atoms with Gasteiger partial charge < -0.3 is 40.0 Å². The Balaban J connectivity index is 0.000000161. The number of carbonyl (C=O) groups is 4. The Morgan fingerprint density at radius 1 is 0.645 bits per heavy atom. The number of carbonyl (C=O) groups excluding carboxylic acids is 4. The number of imidazole rings is 3. The number of amides is 3. The van der Waals surface area contributed by atoms with Crippen LogP contribution in [0.2, 0.25) is 10.0 Å². The molecule has 2 aliphatic rings. The van der Waals surface area contributed by atoms with Crippen LogP contribution in [0.25, 0.3) is 11.3 Å². The number of nitrogens with one attached hydrogen (secondary N) is 3. The molecule has 11 rings (SSSR count). The number of ether oxygens (including phenoxy) is 2. The zero-order valence-electron chi connectivity index (χ0n) is 39.6. The summed E-state index contributed by atoms with van der Waals surface area (Å²) in [4.78, 5) is 61.7. The number of alkyl carbamates (subject to hydrolysis) is 1. The van der Waals surface area contributed by atoms with E-state index in [1.165, 1.54) is 77.9 Å². The molecule has 0 aliphatic heterocycles. The minimum Gasteiger partial charge on any atom is -0.443 e. The number of hydrogen-bond donors (Lipinski definition) is 4. The highest BCUT2D eigenvalue weighted by molar-refractivity contribution is 6.31. The molecule has 3 amide bonds. The molecule has 0 bridgehead atoms. The molecule has 0 saturated heterocycles. The molecule has 0 unspecified atom stereocenters. The predicted octanol–water partition coefficient (Wildman–Crippen LogP) is 11.4. The van der Waals surface area contributed by atoms with Crippen molar-refractivity contribution < 1.29 is 46.2 Å². The van der Waals surface area contributed by atoms with Crippen LogP contribution < -0.4 is 21.7 Å². The molecular formula is C53H43Cl3F4N10O6. The van der Waals surface area contributed by atoms with E-state index in [1.807, 2.05) is 63.8 Å². The first-order valence-corrected chi connectivity index (χ1v) is 23.8. The zero-order chi connectivity index (χ0) is 52.8. The van der Waals surface area contributed by atoms with Gasteiger partial charge in [-0.2, -0.15) is 0 Å². The van der Waals surface area contributed by atoms with Crippen molar-refractivity contribution in [2.24, 2.45) is 5.73 Å². The van der Waals surface area contributed by atoms with Crippen LogP contribution >= 0.6 is 35.6 Å². The number of rotatable bonds is 9. The fourth-order valence-electron chi connectivity index (χ4n) is 8.59. The van der Waals surface area contributed by atoms with E-state index >= 15 is 0 Å². The van der Waals surface area contributed by atoms with E-state index < -0.39 is 47.5 Å². The molecule has 5 N–H and O–H groups in total. The van der Waals surface area contributed by atoms with Gasteiger partial charge in [0.05, 0.1) is 27.5 Å². The Bertz CT molecular complexity index is 3550. The summed E-state index contributed by atoms with van der Waals surface area (Å²) in [6, 6.07) is 23.2. The summed E-state index contributed by atoms with van der Waals surface area (Å²) in [7, 11) is 0. The minimum absolute atomic E-state index is 0. The molecule has 2 atom stereocenters. The highest BCUT2D eigenvalue weighted by Crippen LogP contribution is 2.37. The molecule has 16 nitrogen and oxygen atoms in total. The van der Waals surface area contributed by atoms with Crippen LogP contribution in [0.3, 0.4) is 0 Å². The number of hydrogen-bond acceptors (Lipinski definition) is 10. The number of benzene rings is 4. The highest BCUT2D eigenvalue weighted by atomic mass is 35.5. The Hall–Kier alpha value is -8.30. The van der Waals surface area contributed by atoms with E-state index in [1.54, 1.807) is 6.20 Å². The van der Waals surface area contributed by atoms with Crippen LogP contribution in [0.1, 0.15) is 79.3 Å². The lowest BCUT2D eigenvalue weighted by atomic mass is 10.0. The lowest BCUT2D eigenvalue weighted by Crippen LogP contribution is -2.28. The van der Waals surface area contributed by atoms with Gasteiger partial charge in [-0.25, -0.2) is 46.7 Å². The third kappa shape index (κ3) is 12.4. The van der Waals surface area contributed by atoms with Gasteiger partial charge in [0.15, 0.2) is 0 Å². The number of pyridine rings is 2. The summed E-state index contributed by atoms with van der Waals surface area (Å²) < 4.78 is 70.4. The smallest absolute Gasteiger partial charge is 0.419 e. The average molecular weight is 1100 g/mol. The maximum Gasteiger partial charge on any atom is 0.419 e. The molecular weight excluding hydrogens is 1050 g/mol. The van der Waals surface area contributed by atoms with Gasteiger partial charge in [0.1, 0.15) is 54.1 Å². The number of nitrogens with two attached hydrogens (primary N) is 1. The van der Waals surface area contributed by atoms with Gasteiger partial charge in [0.2, 0.25) is 0 Å². The molecule has 0 radical (unpaired) electrons. The van der Waals surface area contributed by atoms with Crippen LogP contribution in [-0.4, -0.2) is 52.3 Å². The van der Waals surface area contributed by atoms with Gasteiger partial charge in [-0.1, -0.05) is 35.3 Å². The summed E-state index contributed by atoms with van der Waals surface area (Å²) in [6.07, 6.45) is 12.5. The second-order valence-electron chi connectivity index (χ2n) is 17.0. The number of anilines is 2. The first-order chi connectivity index (χ1) is 36.2. The second kappa shape index (κ2) is 23.9. The third-order valence-electron chi connectivity index (χ3n) is 12.1. The molecule has 9 aromatic rings. The zero-order valence-corrected chi connectivity index (χ0v) is 41.9. The summed E-state index contributed by atoms with van der Waals surface area (Å²) in [5.74, 6) is -2.96. The molecule has 5 aromatic heterocycles. The van der Waals surface area contributed by atoms with Gasteiger partial charge in [0, 0.05) is 76.9 Å². The maximum atomic E-state index is 14.7. The monoisotopic (exact) mass is 1100 g/mol. The fourth-order valence-corrected chi connectivity index (χ4v) is 8.96. The van der Waals surface area contributed by atoms with E-state index in [2.05, 4.69) is 30.9 Å². The van der Waals surface area contributed by atoms with Crippen molar-refractivity contribution in [3.8, 4) is 0 Å².